The average molecular weight is 287 g/mol. The highest BCUT2D eigenvalue weighted by Crippen LogP contribution is 2.39. The van der Waals surface area contributed by atoms with E-state index in [-0.39, 0.29) is 13.2 Å². The molecule has 0 amide bonds. The Kier molecular flexibility index (Phi) is 3.33. The summed E-state index contributed by atoms with van der Waals surface area (Å²) in [5.41, 5.74) is 0.989. The summed E-state index contributed by atoms with van der Waals surface area (Å²) < 4.78 is 11.5. The van der Waals surface area contributed by atoms with Crippen LogP contribution in [-0.2, 0) is 11.2 Å². The quantitative estimate of drug-likeness (QED) is 0.924. The van der Waals surface area contributed by atoms with Crippen LogP contribution in [0.3, 0.4) is 0 Å². The van der Waals surface area contributed by atoms with Crippen molar-refractivity contribution in [2.45, 2.75) is 19.3 Å². The molecule has 0 unspecified atom stereocenters. The zero-order valence-corrected chi connectivity index (χ0v) is 10.1. The molecule has 0 spiro atoms. The molecule has 1 heterocycles. The molecule has 2 rings (SSSR count). The number of rotatable bonds is 4. The van der Waals surface area contributed by atoms with Crippen LogP contribution in [0, 0.1) is 0 Å². The van der Waals surface area contributed by atoms with Gasteiger partial charge < -0.3 is 14.6 Å². The lowest BCUT2D eigenvalue weighted by Crippen LogP contribution is -1.97. The topological polar surface area (TPSA) is 55.8 Å². The van der Waals surface area contributed by atoms with Gasteiger partial charge in [-0.3, -0.25) is 4.79 Å². The first kappa shape index (κ1) is 11.3. The van der Waals surface area contributed by atoms with Gasteiger partial charge in [0.15, 0.2) is 11.5 Å². The Morgan fingerprint density at radius 3 is 3.00 bits per heavy atom. The Morgan fingerprint density at radius 2 is 2.25 bits per heavy atom. The van der Waals surface area contributed by atoms with Gasteiger partial charge in [-0.2, -0.15) is 0 Å². The van der Waals surface area contributed by atoms with Crippen LogP contribution in [0.4, 0.5) is 0 Å². The molecule has 0 fully saturated rings. The van der Waals surface area contributed by atoms with Gasteiger partial charge >= 0.3 is 5.97 Å². The van der Waals surface area contributed by atoms with Crippen LogP contribution < -0.4 is 9.47 Å². The molecule has 86 valence electrons. The van der Waals surface area contributed by atoms with Gasteiger partial charge in [0.25, 0.3) is 0 Å². The fraction of sp³-hybridized carbons (Fsp3) is 0.364. The van der Waals surface area contributed by atoms with Crippen LogP contribution in [0.15, 0.2) is 16.6 Å². The lowest BCUT2D eigenvalue weighted by atomic mass is 10.1. The number of ether oxygens (including phenoxy) is 2. The van der Waals surface area contributed by atoms with Crippen molar-refractivity contribution >= 4 is 21.9 Å². The normalized spacial score (nSPS) is 12.8. The third-order valence-electron chi connectivity index (χ3n) is 2.35. The Bertz CT molecular complexity index is 417. The summed E-state index contributed by atoms with van der Waals surface area (Å²) in [6.07, 6.45) is 1.45. The van der Waals surface area contributed by atoms with Crippen LogP contribution in [0.25, 0.3) is 0 Å². The number of aliphatic carboxylic acids is 1. The third-order valence-corrected chi connectivity index (χ3v) is 2.81. The van der Waals surface area contributed by atoms with Gasteiger partial charge in [0, 0.05) is 10.9 Å². The minimum atomic E-state index is -0.774. The van der Waals surface area contributed by atoms with Crippen molar-refractivity contribution in [3.8, 4) is 11.5 Å². The summed E-state index contributed by atoms with van der Waals surface area (Å²) in [5.74, 6) is 0.692. The van der Waals surface area contributed by atoms with Crippen LogP contribution in [0.1, 0.15) is 18.4 Å². The first-order chi connectivity index (χ1) is 7.66. The molecular weight excluding hydrogens is 276 g/mol. The Labute approximate surface area is 101 Å². The summed E-state index contributed by atoms with van der Waals surface area (Å²) in [6.45, 7) is 0.234. The molecule has 0 saturated carbocycles. The van der Waals surface area contributed by atoms with E-state index >= 15 is 0 Å². The summed E-state index contributed by atoms with van der Waals surface area (Å²) in [6, 6.07) is 3.79. The lowest BCUT2D eigenvalue weighted by molar-refractivity contribution is -0.137. The highest BCUT2D eigenvalue weighted by Gasteiger charge is 2.18. The minimum Gasteiger partial charge on any atom is -0.481 e. The van der Waals surface area contributed by atoms with Gasteiger partial charge in [0.2, 0.25) is 6.79 Å². The van der Waals surface area contributed by atoms with Crippen molar-refractivity contribution in [3.05, 3.63) is 22.2 Å². The van der Waals surface area contributed by atoms with Crippen LogP contribution in [-0.4, -0.2) is 17.9 Å². The van der Waals surface area contributed by atoms with Crippen molar-refractivity contribution in [2.75, 3.05) is 6.79 Å². The maximum atomic E-state index is 10.4. The number of hydrogen-bond donors (Lipinski definition) is 1. The van der Waals surface area contributed by atoms with E-state index in [1.54, 1.807) is 0 Å². The highest BCUT2D eigenvalue weighted by molar-refractivity contribution is 9.10. The molecule has 1 aromatic rings. The zero-order valence-electron chi connectivity index (χ0n) is 8.53. The Hall–Kier alpha value is -1.23. The number of carbonyl (C=O) groups is 1. The second-order valence-electron chi connectivity index (χ2n) is 3.55. The molecule has 0 aliphatic carbocycles. The predicted molar refractivity (Wildman–Crippen MR) is 60.8 cm³/mol. The summed E-state index contributed by atoms with van der Waals surface area (Å²) >= 11 is 3.38. The van der Waals surface area contributed by atoms with Gasteiger partial charge in [0.1, 0.15) is 0 Å². The summed E-state index contributed by atoms with van der Waals surface area (Å²) in [7, 11) is 0. The number of aryl methyl sites for hydroxylation is 1. The van der Waals surface area contributed by atoms with E-state index in [0.29, 0.717) is 12.8 Å². The maximum Gasteiger partial charge on any atom is 0.303 e. The fourth-order valence-corrected chi connectivity index (χ4v) is 2.15. The van der Waals surface area contributed by atoms with Crippen LogP contribution in [0.5, 0.6) is 11.5 Å². The fourth-order valence-electron chi connectivity index (χ4n) is 1.66. The molecule has 0 atom stereocenters. The number of fused-ring (bicyclic) bond motifs is 1. The smallest absolute Gasteiger partial charge is 0.303 e. The third kappa shape index (κ3) is 2.47. The molecule has 1 aromatic carbocycles. The second-order valence-corrected chi connectivity index (χ2v) is 4.46. The Balaban J connectivity index is 2.11. The summed E-state index contributed by atoms with van der Waals surface area (Å²) in [4.78, 5) is 10.4. The molecule has 0 bridgehead atoms. The number of halogens is 1. The molecule has 0 saturated heterocycles. The summed E-state index contributed by atoms with van der Waals surface area (Å²) in [5, 5.41) is 8.57. The van der Waals surface area contributed by atoms with Crippen molar-refractivity contribution in [1.82, 2.24) is 0 Å². The van der Waals surface area contributed by atoms with Gasteiger partial charge in [-0.25, -0.2) is 0 Å². The maximum absolute atomic E-state index is 10.4. The zero-order chi connectivity index (χ0) is 11.5. The lowest BCUT2D eigenvalue weighted by Gasteiger charge is -2.05. The van der Waals surface area contributed by atoms with Crippen LogP contribution >= 0.6 is 15.9 Å². The monoisotopic (exact) mass is 286 g/mol. The molecule has 5 heteroatoms. The number of carboxylic acid groups (broad SMARTS) is 1. The first-order valence-electron chi connectivity index (χ1n) is 4.96. The molecular formula is C11H11BrO4. The molecule has 0 radical (unpaired) electrons. The number of hydrogen-bond acceptors (Lipinski definition) is 3. The van der Waals surface area contributed by atoms with Gasteiger partial charge in [0.05, 0.1) is 0 Å². The van der Waals surface area contributed by atoms with Gasteiger partial charge in [-0.05, 0) is 30.5 Å². The minimum absolute atomic E-state index is 0.169. The Morgan fingerprint density at radius 1 is 1.44 bits per heavy atom. The predicted octanol–water partition coefficient (Wildman–Crippen LogP) is 2.59. The van der Waals surface area contributed by atoms with E-state index in [2.05, 4.69) is 15.9 Å². The molecule has 4 nitrogen and oxygen atoms in total. The van der Waals surface area contributed by atoms with Crippen molar-refractivity contribution in [3.63, 3.8) is 0 Å². The van der Waals surface area contributed by atoms with Crippen molar-refractivity contribution in [2.24, 2.45) is 0 Å². The highest BCUT2D eigenvalue weighted by atomic mass is 79.9. The molecule has 1 aliphatic heterocycles. The SMILES string of the molecule is O=C(O)CCCc1cc(Br)cc2c1OCO2. The molecule has 1 aliphatic rings. The van der Waals surface area contributed by atoms with E-state index in [4.69, 9.17) is 14.6 Å². The van der Waals surface area contributed by atoms with E-state index < -0.39 is 5.97 Å². The van der Waals surface area contributed by atoms with E-state index in [0.717, 1.165) is 21.5 Å². The number of benzene rings is 1. The molecule has 0 aromatic heterocycles. The van der Waals surface area contributed by atoms with E-state index in [9.17, 15) is 4.79 Å². The first-order valence-corrected chi connectivity index (χ1v) is 5.76. The second kappa shape index (κ2) is 4.74. The van der Waals surface area contributed by atoms with Gasteiger partial charge in [-0.1, -0.05) is 15.9 Å². The van der Waals surface area contributed by atoms with Crippen LogP contribution in [0.2, 0.25) is 0 Å². The average Bonchev–Trinajstić information content (AvgIpc) is 2.64. The van der Waals surface area contributed by atoms with E-state index in [1.165, 1.54) is 0 Å². The van der Waals surface area contributed by atoms with Gasteiger partial charge in [-0.15, -0.1) is 0 Å². The van der Waals surface area contributed by atoms with Crippen molar-refractivity contribution < 1.29 is 19.4 Å². The largest absolute Gasteiger partial charge is 0.481 e. The standard InChI is InChI=1S/C11H11BrO4/c12-8-4-7(2-1-3-10(13)14)11-9(5-8)15-6-16-11/h4-5H,1-3,6H2,(H,13,14). The molecule has 1 N–H and O–H groups in total. The van der Waals surface area contributed by atoms with Crippen molar-refractivity contribution in [1.29, 1.82) is 0 Å². The molecule has 16 heavy (non-hydrogen) atoms. The number of carboxylic acids is 1. The van der Waals surface area contributed by atoms with E-state index in [1.807, 2.05) is 12.1 Å².